The third kappa shape index (κ3) is 5.67. The summed E-state index contributed by atoms with van der Waals surface area (Å²) in [7, 11) is 0. The summed E-state index contributed by atoms with van der Waals surface area (Å²) in [6.07, 6.45) is -1.03. The van der Waals surface area contributed by atoms with Crippen molar-refractivity contribution in [2.45, 2.75) is 52.1 Å². The smallest absolute Gasteiger partial charge is 0.433 e. The van der Waals surface area contributed by atoms with E-state index in [9.17, 15) is 18.0 Å². The third-order valence-corrected chi connectivity index (χ3v) is 6.45. The number of hydrogen-bond acceptors (Lipinski definition) is 5. The summed E-state index contributed by atoms with van der Waals surface area (Å²) in [4.78, 5) is 18.8. The van der Waals surface area contributed by atoms with Gasteiger partial charge in [-0.1, -0.05) is 6.07 Å². The van der Waals surface area contributed by atoms with Crippen LogP contribution in [-0.2, 0) is 25.7 Å². The van der Waals surface area contributed by atoms with Crippen molar-refractivity contribution in [3.05, 3.63) is 87.8 Å². The minimum absolute atomic E-state index is 0. The summed E-state index contributed by atoms with van der Waals surface area (Å²) in [5.74, 6) is 1.25. The van der Waals surface area contributed by atoms with Crippen molar-refractivity contribution < 1.29 is 22.3 Å². The molecule has 0 atom stereocenters. The zero-order chi connectivity index (χ0) is 25.4. The summed E-state index contributed by atoms with van der Waals surface area (Å²) in [6.45, 7) is 6.08. The molecule has 10 heteroatoms. The molecule has 0 saturated heterocycles. The molecule has 1 aliphatic rings. The van der Waals surface area contributed by atoms with E-state index in [1.807, 2.05) is 18.2 Å². The van der Waals surface area contributed by atoms with E-state index in [1.54, 1.807) is 12.3 Å². The van der Waals surface area contributed by atoms with E-state index in [1.165, 1.54) is 28.3 Å². The highest BCUT2D eigenvalue weighted by molar-refractivity contribution is 5.85. The van der Waals surface area contributed by atoms with E-state index in [0.29, 0.717) is 11.7 Å². The number of pyridine rings is 2. The molecule has 0 radical (unpaired) electrons. The Hall–Kier alpha value is -3.30. The lowest BCUT2D eigenvalue weighted by Crippen LogP contribution is -2.30. The maximum atomic E-state index is 12.9. The van der Waals surface area contributed by atoms with Gasteiger partial charge in [0.15, 0.2) is 0 Å². The van der Waals surface area contributed by atoms with Gasteiger partial charge in [0.1, 0.15) is 29.4 Å². The molecule has 3 aromatic heterocycles. The fourth-order valence-corrected chi connectivity index (χ4v) is 4.52. The van der Waals surface area contributed by atoms with Crippen LogP contribution in [0.2, 0.25) is 0 Å². The molecule has 0 spiro atoms. The highest BCUT2D eigenvalue weighted by atomic mass is 35.5. The average molecular weight is 534 g/mol. The number of benzene rings is 1. The van der Waals surface area contributed by atoms with Gasteiger partial charge in [0.2, 0.25) is 0 Å². The molecule has 5 rings (SSSR count). The highest BCUT2D eigenvalue weighted by Gasteiger charge is 2.32. The van der Waals surface area contributed by atoms with Crippen LogP contribution in [0.3, 0.4) is 0 Å². The fourth-order valence-electron chi connectivity index (χ4n) is 4.52. The number of ether oxygens (including phenoxy) is 1. The van der Waals surface area contributed by atoms with Crippen LogP contribution >= 0.6 is 12.4 Å². The first kappa shape index (κ1) is 26.8. The summed E-state index contributed by atoms with van der Waals surface area (Å²) >= 11 is 0. The molecule has 0 bridgehead atoms. The Morgan fingerprint density at radius 2 is 1.95 bits per heavy atom. The van der Waals surface area contributed by atoms with Gasteiger partial charge in [-0.15, -0.1) is 12.4 Å². The first-order valence-electron chi connectivity index (χ1n) is 11.9. The monoisotopic (exact) mass is 533 g/mol. The molecule has 0 amide bonds. The van der Waals surface area contributed by atoms with E-state index in [-0.39, 0.29) is 36.0 Å². The molecule has 0 fully saturated rings. The molecular formula is C27H27ClF3N3O3. The van der Waals surface area contributed by atoms with E-state index in [2.05, 4.69) is 23.7 Å². The van der Waals surface area contributed by atoms with Crippen molar-refractivity contribution >= 4 is 23.4 Å². The van der Waals surface area contributed by atoms with E-state index in [4.69, 9.17) is 9.15 Å². The Bertz CT molecular complexity index is 1460. The van der Waals surface area contributed by atoms with Crippen LogP contribution in [0.1, 0.15) is 43.0 Å². The normalized spacial score (nSPS) is 14.3. The van der Waals surface area contributed by atoms with Gasteiger partial charge in [-0.3, -0.25) is 14.3 Å². The number of rotatable bonds is 5. The Kier molecular flexibility index (Phi) is 7.66. The predicted molar refractivity (Wildman–Crippen MR) is 136 cm³/mol. The Labute approximate surface area is 218 Å². The Morgan fingerprint density at radius 3 is 2.68 bits per heavy atom. The van der Waals surface area contributed by atoms with Gasteiger partial charge in [0.05, 0.1) is 11.4 Å². The molecule has 0 saturated carbocycles. The van der Waals surface area contributed by atoms with Crippen molar-refractivity contribution in [1.29, 1.82) is 0 Å². The zero-order valence-corrected chi connectivity index (χ0v) is 21.2. The summed E-state index contributed by atoms with van der Waals surface area (Å²) in [5, 5.41) is 1.06. The van der Waals surface area contributed by atoms with Gasteiger partial charge in [0, 0.05) is 48.3 Å². The number of alkyl halides is 3. The van der Waals surface area contributed by atoms with E-state index in [0.717, 1.165) is 48.7 Å². The number of nitrogens with zero attached hydrogens (tertiary/aromatic N) is 3. The number of furan rings is 1. The SMILES string of the molecule is CC(C)N1CCCc2oc3cc(-n4ccc(OCc5cccc(C(F)(F)F)n5)cc4=O)ccc3c2C1.Cl. The number of fused-ring (bicyclic) bond motifs is 3. The summed E-state index contributed by atoms with van der Waals surface area (Å²) in [5.41, 5.74) is 1.41. The lowest BCUT2D eigenvalue weighted by Gasteiger charge is -2.24. The van der Waals surface area contributed by atoms with Crippen LogP contribution in [0.15, 0.2) is 63.9 Å². The minimum atomic E-state index is -4.53. The van der Waals surface area contributed by atoms with Crippen LogP contribution < -0.4 is 10.3 Å². The molecule has 1 aromatic carbocycles. The van der Waals surface area contributed by atoms with Gasteiger partial charge in [-0.2, -0.15) is 13.2 Å². The topological polar surface area (TPSA) is 60.5 Å². The van der Waals surface area contributed by atoms with Crippen molar-refractivity contribution in [2.24, 2.45) is 0 Å². The largest absolute Gasteiger partial charge is 0.487 e. The second kappa shape index (κ2) is 10.6. The second-order valence-corrected chi connectivity index (χ2v) is 9.22. The molecule has 0 N–H and O–H groups in total. The van der Waals surface area contributed by atoms with Crippen LogP contribution in [0.4, 0.5) is 13.2 Å². The summed E-state index contributed by atoms with van der Waals surface area (Å²) < 4.78 is 51.8. The first-order valence-corrected chi connectivity index (χ1v) is 11.9. The van der Waals surface area contributed by atoms with Crippen LogP contribution in [0.25, 0.3) is 16.7 Å². The zero-order valence-electron chi connectivity index (χ0n) is 20.4. The highest BCUT2D eigenvalue weighted by Crippen LogP contribution is 2.32. The molecule has 0 aliphatic carbocycles. The molecule has 4 heterocycles. The molecule has 4 aromatic rings. The van der Waals surface area contributed by atoms with Gasteiger partial charge in [-0.05, 0) is 57.1 Å². The van der Waals surface area contributed by atoms with Gasteiger partial charge >= 0.3 is 6.18 Å². The van der Waals surface area contributed by atoms with Gasteiger partial charge in [0.25, 0.3) is 5.56 Å². The minimum Gasteiger partial charge on any atom is -0.487 e. The predicted octanol–water partition coefficient (Wildman–Crippen LogP) is 6.15. The average Bonchev–Trinajstić information content (AvgIpc) is 3.03. The van der Waals surface area contributed by atoms with E-state index < -0.39 is 11.9 Å². The Balaban J connectivity index is 0.00000320. The maximum Gasteiger partial charge on any atom is 0.433 e. The van der Waals surface area contributed by atoms with Crippen LogP contribution in [0, 0.1) is 0 Å². The number of halogens is 4. The van der Waals surface area contributed by atoms with Crippen LogP contribution in [-0.4, -0.2) is 27.0 Å². The van der Waals surface area contributed by atoms with Gasteiger partial charge < -0.3 is 9.15 Å². The standard InChI is InChI=1S/C27H26F3N3O3.ClH/c1-17(2)32-11-4-6-23-22(15-32)21-9-8-19(13-24(21)36-23)33-12-10-20(14-26(33)34)35-16-18-5-3-7-25(31-18)27(28,29)30;/h3,5,7-10,12-14,17H,4,6,11,15-16H2,1-2H3;1H. The fraction of sp³-hybridized carbons (Fsp3) is 0.333. The van der Waals surface area contributed by atoms with Crippen molar-refractivity contribution in [2.75, 3.05) is 6.54 Å². The molecule has 6 nitrogen and oxygen atoms in total. The lowest BCUT2D eigenvalue weighted by molar-refractivity contribution is -0.141. The Morgan fingerprint density at radius 1 is 1.14 bits per heavy atom. The molecule has 37 heavy (non-hydrogen) atoms. The third-order valence-electron chi connectivity index (χ3n) is 6.45. The lowest BCUT2D eigenvalue weighted by atomic mass is 10.1. The number of aromatic nitrogens is 2. The first-order chi connectivity index (χ1) is 17.2. The second-order valence-electron chi connectivity index (χ2n) is 9.22. The van der Waals surface area contributed by atoms with Crippen molar-refractivity contribution in [1.82, 2.24) is 14.5 Å². The molecule has 1 aliphatic heterocycles. The number of hydrogen-bond donors (Lipinski definition) is 0. The van der Waals surface area contributed by atoms with Gasteiger partial charge in [-0.25, -0.2) is 4.98 Å². The van der Waals surface area contributed by atoms with Crippen LogP contribution in [0.5, 0.6) is 5.75 Å². The maximum absolute atomic E-state index is 12.9. The quantitative estimate of drug-likeness (QED) is 0.308. The van der Waals surface area contributed by atoms with Crippen molar-refractivity contribution in [3.8, 4) is 11.4 Å². The number of aryl methyl sites for hydroxylation is 1. The molecule has 0 unspecified atom stereocenters. The molecule has 196 valence electrons. The van der Waals surface area contributed by atoms with Crippen molar-refractivity contribution in [3.63, 3.8) is 0 Å². The summed E-state index contributed by atoms with van der Waals surface area (Å²) in [6, 6.07) is 12.7. The van der Waals surface area contributed by atoms with E-state index >= 15 is 0 Å². The molecular weight excluding hydrogens is 507 g/mol.